The summed E-state index contributed by atoms with van der Waals surface area (Å²) in [6.45, 7) is 1.75. The number of carbonyl (C=O) groups excluding carboxylic acids is 2. The monoisotopic (exact) mass is 350 g/mol. The number of carbonyl (C=O) groups is 2. The minimum Gasteiger partial charge on any atom is -0.493 e. The van der Waals surface area contributed by atoms with E-state index in [1.54, 1.807) is 24.4 Å². The number of benzene rings is 1. The van der Waals surface area contributed by atoms with Crippen molar-refractivity contribution < 1.29 is 23.8 Å². The Morgan fingerprint density at radius 1 is 1.08 bits per heavy atom. The van der Waals surface area contributed by atoms with Crippen LogP contribution in [0.3, 0.4) is 0 Å². The van der Waals surface area contributed by atoms with Gasteiger partial charge in [-0.25, -0.2) is 0 Å². The second-order valence-corrected chi connectivity index (χ2v) is 5.70. The molecule has 0 spiro atoms. The molecule has 0 aliphatic rings. The fourth-order valence-electron chi connectivity index (χ4n) is 2.29. The van der Waals surface area contributed by atoms with Crippen molar-refractivity contribution in [1.29, 1.82) is 0 Å². The first-order valence-corrected chi connectivity index (χ1v) is 7.80. The lowest BCUT2D eigenvalue weighted by Gasteiger charge is -2.15. The van der Waals surface area contributed by atoms with Crippen LogP contribution in [0.1, 0.15) is 26.3 Å². The van der Waals surface area contributed by atoms with Crippen molar-refractivity contribution in [3.8, 4) is 17.2 Å². The molecule has 8 heteroatoms. The molecule has 0 aliphatic carbocycles. The number of anilines is 1. The fraction of sp³-hybridized carbons (Fsp3) is 0.250. The molecule has 0 aliphatic heterocycles. The second-order valence-electron chi connectivity index (χ2n) is 4.82. The van der Waals surface area contributed by atoms with Gasteiger partial charge in [-0.3, -0.25) is 9.59 Å². The van der Waals surface area contributed by atoms with Crippen LogP contribution in [0, 0.1) is 6.92 Å². The number of methoxy groups -OCH3 is 3. The summed E-state index contributed by atoms with van der Waals surface area (Å²) in [5.74, 6) is -0.0513. The molecule has 0 bridgehead atoms. The third kappa shape index (κ3) is 3.13. The lowest BCUT2D eigenvalue weighted by Crippen LogP contribution is -2.18. The van der Waals surface area contributed by atoms with Gasteiger partial charge in [0.25, 0.3) is 11.8 Å². The second kappa shape index (κ2) is 7.22. The van der Waals surface area contributed by atoms with E-state index in [9.17, 15) is 9.59 Å². The lowest BCUT2D eigenvalue weighted by atomic mass is 10.1. The summed E-state index contributed by atoms with van der Waals surface area (Å²) in [7, 11) is 4.37. The molecule has 0 atom stereocenters. The Kier molecular flexibility index (Phi) is 5.30. The Hall–Kier alpha value is -2.74. The van der Waals surface area contributed by atoms with Crippen molar-refractivity contribution in [2.24, 2.45) is 5.73 Å². The quantitative estimate of drug-likeness (QED) is 0.833. The number of aryl methyl sites for hydroxylation is 1. The molecule has 2 amide bonds. The average Bonchev–Trinajstić information content (AvgIpc) is 2.93. The summed E-state index contributed by atoms with van der Waals surface area (Å²) in [4.78, 5) is 24.2. The molecule has 2 aromatic rings. The van der Waals surface area contributed by atoms with Crippen LogP contribution >= 0.6 is 11.3 Å². The zero-order chi connectivity index (χ0) is 17.9. The summed E-state index contributed by atoms with van der Waals surface area (Å²) >= 11 is 1.23. The number of primary amides is 1. The standard InChI is InChI=1S/C16H18N2O5S/c1-8-7-24-16(11(8)14(17)19)18-15(20)9-5-6-10(21-2)13(23-4)12(9)22-3/h5-7H,1-4H3,(H2,17,19)(H,18,20). The number of ether oxygens (including phenoxy) is 3. The van der Waals surface area contributed by atoms with E-state index >= 15 is 0 Å². The van der Waals surface area contributed by atoms with Gasteiger partial charge in [-0.1, -0.05) is 0 Å². The van der Waals surface area contributed by atoms with Crippen molar-refractivity contribution >= 4 is 28.2 Å². The van der Waals surface area contributed by atoms with Gasteiger partial charge in [0.2, 0.25) is 5.75 Å². The molecule has 7 nitrogen and oxygen atoms in total. The Labute approximate surface area is 143 Å². The van der Waals surface area contributed by atoms with Crippen LogP contribution in [0.15, 0.2) is 17.5 Å². The fourth-order valence-corrected chi connectivity index (χ4v) is 3.24. The SMILES string of the molecule is COc1ccc(C(=O)Nc2scc(C)c2C(N)=O)c(OC)c1OC. The molecule has 0 radical (unpaired) electrons. The Morgan fingerprint density at radius 2 is 1.75 bits per heavy atom. The highest BCUT2D eigenvalue weighted by Gasteiger charge is 2.23. The van der Waals surface area contributed by atoms with Crippen LogP contribution < -0.4 is 25.3 Å². The van der Waals surface area contributed by atoms with E-state index in [0.717, 1.165) is 0 Å². The predicted octanol–water partition coefficient (Wildman–Crippen LogP) is 2.43. The first kappa shape index (κ1) is 17.6. The summed E-state index contributed by atoms with van der Waals surface area (Å²) in [6.07, 6.45) is 0. The Balaban J connectivity index is 2.42. The Morgan fingerprint density at radius 3 is 2.29 bits per heavy atom. The van der Waals surface area contributed by atoms with Crippen LogP contribution in [0.2, 0.25) is 0 Å². The molecule has 1 aromatic carbocycles. The summed E-state index contributed by atoms with van der Waals surface area (Å²) < 4.78 is 15.8. The largest absolute Gasteiger partial charge is 0.493 e. The highest BCUT2D eigenvalue weighted by Crippen LogP contribution is 2.40. The molecule has 0 saturated carbocycles. The molecule has 0 saturated heterocycles. The van der Waals surface area contributed by atoms with Crippen molar-refractivity contribution in [3.05, 3.63) is 34.2 Å². The van der Waals surface area contributed by atoms with Gasteiger partial charge in [0, 0.05) is 0 Å². The average molecular weight is 350 g/mol. The molecule has 3 N–H and O–H groups in total. The first-order valence-electron chi connectivity index (χ1n) is 6.92. The van der Waals surface area contributed by atoms with Gasteiger partial charge in [-0.2, -0.15) is 0 Å². The number of hydrogen-bond donors (Lipinski definition) is 2. The zero-order valence-corrected chi connectivity index (χ0v) is 14.6. The maximum absolute atomic E-state index is 12.6. The third-order valence-corrected chi connectivity index (χ3v) is 4.41. The van der Waals surface area contributed by atoms with Gasteiger partial charge < -0.3 is 25.3 Å². The highest BCUT2D eigenvalue weighted by atomic mass is 32.1. The molecular weight excluding hydrogens is 332 g/mol. The molecular formula is C16H18N2O5S. The van der Waals surface area contributed by atoms with Gasteiger partial charge in [-0.05, 0) is 30.0 Å². The molecule has 24 heavy (non-hydrogen) atoms. The highest BCUT2D eigenvalue weighted by molar-refractivity contribution is 7.15. The summed E-state index contributed by atoms with van der Waals surface area (Å²) in [5.41, 5.74) is 6.63. The van der Waals surface area contributed by atoms with Gasteiger partial charge in [-0.15, -0.1) is 11.3 Å². The number of rotatable bonds is 6. The van der Waals surface area contributed by atoms with Crippen LogP contribution in [0.5, 0.6) is 17.2 Å². The first-order chi connectivity index (χ1) is 11.4. The Bertz CT molecular complexity index is 785. The number of amides is 2. The van der Waals surface area contributed by atoms with Crippen molar-refractivity contribution in [2.45, 2.75) is 6.92 Å². The lowest BCUT2D eigenvalue weighted by molar-refractivity contribution is 0.100. The molecule has 1 aromatic heterocycles. The van der Waals surface area contributed by atoms with E-state index < -0.39 is 11.8 Å². The molecule has 2 rings (SSSR count). The molecule has 128 valence electrons. The smallest absolute Gasteiger partial charge is 0.260 e. The van der Waals surface area contributed by atoms with E-state index in [0.29, 0.717) is 27.6 Å². The van der Waals surface area contributed by atoms with E-state index in [2.05, 4.69) is 5.32 Å². The van der Waals surface area contributed by atoms with Gasteiger partial charge in [0.15, 0.2) is 11.5 Å². The number of nitrogens with two attached hydrogens (primary N) is 1. The van der Waals surface area contributed by atoms with Gasteiger partial charge in [0.1, 0.15) is 5.00 Å². The number of hydrogen-bond acceptors (Lipinski definition) is 6. The maximum atomic E-state index is 12.6. The van der Waals surface area contributed by atoms with Crippen LogP contribution in [0.25, 0.3) is 0 Å². The van der Waals surface area contributed by atoms with E-state index in [4.69, 9.17) is 19.9 Å². The van der Waals surface area contributed by atoms with Crippen LogP contribution in [-0.4, -0.2) is 33.1 Å². The topological polar surface area (TPSA) is 99.9 Å². The van der Waals surface area contributed by atoms with Crippen LogP contribution in [-0.2, 0) is 0 Å². The summed E-state index contributed by atoms with van der Waals surface area (Å²) in [6, 6.07) is 3.16. The minimum absolute atomic E-state index is 0.239. The van der Waals surface area contributed by atoms with Crippen molar-refractivity contribution in [1.82, 2.24) is 0 Å². The molecule has 1 heterocycles. The maximum Gasteiger partial charge on any atom is 0.260 e. The van der Waals surface area contributed by atoms with E-state index in [-0.39, 0.29) is 11.3 Å². The van der Waals surface area contributed by atoms with Crippen molar-refractivity contribution in [3.63, 3.8) is 0 Å². The van der Waals surface area contributed by atoms with Crippen molar-refractivity contribution in [2.75, 3.05) is 26.6 Å². The van der Waals surface area contributed by atoms with Crippen LogP contribution in [0.4, 0.5) is 5.00 Å². The van der Waals surface area contributed by atoms with Gasteiger partial charge in [0.05, 0.1) is 32.5 Å². The van der Waals surface area contributed by atoms with E-state index in [1.807, 2.05) is 0 Å². The molecule has 0 unspecified atom stereocenters. The number of thiophene rings is 1. The summed E-state index contributed by atoms with van der Waals surface area (Å²) in [5, 5.41) is 4.84. The van der Waals surface area contributed by atoms with Gasteiger partial charge >= 0.3 is 0 Å². The van der Waals surface area contributed by atoms with E-state index in [1.165, 1.54) is 32.7 Å². The minimum atomic E-state index is -0.594. The molecule has 0 fully saturated rings. The number of nitrogens with one attached hydrogen (secondary N) is 1. The predicted molar refractivity (Wildman–Crippen MR) is 91.6 cm³/mol. The third-order valence-electron chi connectivity index (χ3n) is 3.40. The zero-order valence-electron chi connectivity index (χ0n) is 13.8. The normalized spacial score (nSPS) is 10.2.